The number of hydrogen-bond acceptors (Lipinski definition) is 6. The van der Waals surface area contributed by atoms with Gasteiger partial charge in [-0.2, -0.15) is 5.10 Å². The molecule has 0 spiro atoms. The summed E-state index contributed by atoms with van der Waals surface area (Å²) in [4.78, 5) is 17.2. The van der Waals surface area contributed by atoms with Crippen LogP contribution in [0.25, 0.3) is 11.3 Å². The molecule has 0 amide bonds. The van der Waals surface area contributed by atoms with Crippen LogP contribution in [0.4, 0.5) is 5.95 Å². The number of aromatic nitrogens is 6. The fraction of sp³-hybridized carbons (Fsp3) is 0.214. The molecule has 0 radical (unpaired) electrons. The minimum absolute atomic E-state index is 0.495. The van der Waals surface area contributed by atoms with Crippen molar-refractivity contribution in [2.75, 3.05) is 5.32 Å². The van der Waals surface area contributed by atoms with Gasteiger partial charge in [-0.3, -0.25) is 10.1 Å². The van der Waals surface area contributed by atoms with E-state index in [1.165, 1.54) is 6.33 Å². The number of pyridine rings is 1. The molecule has 0 aliphatic rings. The van der Waals surface area contributed by atoms with Gasteiger partial charge in [-0.25, -0.2) is 15.0 Å². The van der Waals surface area contributed by atoms with Crippen LogP contribution in [0.1, 0.15) is 17.2 Å². The van der Waals surface area contributed by atoms with E-state index in [0.717, 1.165) is 28.5 Å². The van der Waals surface area contributed by atoms with Gasteiger partial charge in [-0.1, -0.05) is 0 Å². The average Bonchev–Trinajstić information content (AvgIpc) is 2.99. The van der Waals surface area contributed by atoms with Crippen molar-refractivity contribution in [2.24, 2.45) is 0 Å². The van der Waals surface area contributed by atoms with Gasteiger partial charge >= 0.3 is 0 Å². The summed E-state index contributed by atoms with van der Waals surface area (Å²) < 4.78 is 0. The molecule has 106 valence electrons. The molecule has 7 heteroatoms. The molecule has 2 N–H and O–H groups in total. The Morgan fingerprint density at radius 2 is 2.00 bits per heavy atom. The molecule has 0 atom stereocenters. The summed E-state index contributed by atoms with van der Waals surface area (Å²) in [5.74, 6) is 1.28. The predicted octanol–water partition coefficient (Wildman–Crippen LogP) is 1.89. The van der Waals surface area contributed by atoms with Crippen LogP contribution in [-0.2, 0) is 6.54 Å². The number of nitrogens with zero attached hydrogens (tertiary/aromatic N) is 5. The molecule has 0 aliphatic carbocycles. The maximum Gasteiger partial charge on any atom is 0.223 e. The molecule has 0 fully saturated rings. The summed E-state index contributed by atoms with van der Waals surface area (Å²) in [7, 11) is 0. The monoisotopic (exact) mass is 281 g/mol. The molecule has 0 saturated carbocycles. The molecule has 3 rings (SSSR count). The molecule has 0 aromatic carbocycles. The highest BCUT2D eigenvalue weighted by Gasteiger charge is 2.06. The third-order valence-corrected chi connectivity index (χ3v) is 3.04. The first kappa shape index (κ1) is 13.2. The molecule has 3 aromatic rings. The number of rotatable bonds is 4. The van der Waals surface area contributed by atoms with Crippen molar-refractivity contribution in [1.82, 2.24) is 30.1 Å². The van der Waals surface area contributed by atoms with Crippen molar-refractivity contribution in [1.29, 1.82) is 0 Å². The van der Waals surface area contributed by atoms with E-state index >= 15 is 0 Å². The van der Waals surface area contributed by atoms with Gasteiger partial charge in [0.15, 0.2) is 0 Å². The number of H-pyrrole nitrogens is 1. The summed E-state index contributed by atoms with van der Waals surface area (Å²) in [5.41, 5.74) is 3.80. The first-order valence-corrected chi connectivity index (χ1v) is 6.58. The Balaban J connectivity index is 1.82. The second-order valence-corrected chi connectivity index (χ2v) is 4.64. The van der Waals surface area contributed by atoms with E-state index in [4.69, 9.17) is 0 Å². The molecule has 7 nitrogen and oxygen atoms in total. The van der Waals surface area contributed by atoms with Crippen LogP contribution in [0, 0.1) is 13.8 Å². The highest BCUT2D eigenvalue weighted by Crippen LogP contribution is 2.20. The van der Waals surface area contributed by atoms with Crippen molar-refractivity contribution in [3.8, 4) is 11.3 Å². The van der Waals surface area contributed by atoms with Crippen molar-refractivity contribution < 1.29 is 0 Å². The van der Waals surface area contributed by atoms with Crippen LogP contribution < -0.4 is 5.32 Å². The van der Waals surface area contributed by atoms with E-state index in [2.05, 4.69) is 35.5 Å². The standard InChI is InChI=1S/C14H15N7/c1-9-3-4-11(10(2)19-9)12-5-6-15-14(20-12)16-7-13-17-8-18-21-13/h3-6,8H,7H2,1-2H3,(H,15,16,20)(H,17,18,21). The lowest BCUT2D eigenvalue weighted by molar-refractivity contribution is 0.936. The zero-order valence-electron chi connectivity index (χ0n) is 11.8. The van der Waals surface area contributed by atoms with E-state index in [1.54, 1.807) is 6.20 Å². The normalized spacial score (nSPS) is 10.6. The Morgan fingerprint density at radius 3 is 2.76 bits per heavy atom. The van der Waals surface area contributed by atoms with E-state index in [1.807, 2.05) is 32.0 Å². The Kier molecular flexibility index (Phi) is 3.55. The number of aryl methyl sites for hydroxylation is 2. The summed E-state index contributed by atoms with van der Waals surface area (Å²) in [6, 6.07) is 5.88. The fourth-order valence-corrected chi connectivity index (χ4v) is 2.03. The SMILES string of the molecule is Cc1ccc(-c2ccnc(NCc3ncn[nH]3)n2)c(C)n1. The predicted molar refractivity (Wildman–Crippen MR) is 78.4 cm³/mol. The molecule has 0 bridgehead atoms. The van der Waals surface area contributed by atoms with Crippen LogP contribution in [0.2, 0.25) is 0 Å². The smallest absolute Gasteiger partial charge is 0.223 e. The second kappa shape index (κ2) is 5.66. The Bertz CT molecular complexity index is 737. The first-order chi connectivity index (χ1) is 10.2. The van der Waals surface area contributed by atoms with Crippen LogP contribution in [-0.4, -0.2) is 30.1 Å². The number of aromatic amines is 1. The third-order valence-electron chi connectivity index (χ3n) is 3.04. The van der Waals surface area contributed by atoms with E-state index in [-0.39, 0.29) is 0 Å². The van der Waals surface area contributed by atoms with Gasteiger partial charge in [-0.15, -0.1) is 0 Å². The topological polar surface area (TPSA) is 92.3 Å². The Hall–Kier alpha value is -2.83. The van der Waals surface area contributed by atoms with Gasteiger partial charge in [0, 0.05) is 23.1 Å². The molecular formula is C14H15N7. The second-order valence-electron chi connectivity index (χ2n) is 4.64. The quantitative estimate of drug-likeness (QED) is 0.758. The van der Waals surface area contributed by atoms with Crippen molar-refractivity contribution in [3.63, 3.8) is 0 Å². The zero-order chi connectivity index (χ0) is 14.7. The van der Waals surface area contributed by atoms with Crippen molar-refractivity contribution in [3.05, 3.63) is 47.9 Å². The number of hydrogen-bond donors (Lipinski definition) is 2. The summed E-state index contributed by atoms with van der Waals surface area (Å²) >= 11 is 0. The van der Waals surface area contributed by atoms with Gasteiger partial charge in [-0.05, 0) is 32.0 Å². The minimum atomic E-state index is 0.495. The Morgan fingerprint density at radius 1 is 1.10 bits per heavy atom. The largest absolute Gasteiger partial charge is 0.347 e. The van der Waals surface area contributed by atoms with E-state index < -0.39 is 0 Å². The first-order valence-electron chi connectivity index (χ1n) is 6.58. The number of nitrogens with one attached hydrogen (secondary N) is 2. The molecule has 3 aromatic heterocycles. The lowest BCUT2D eigenvalue weighted by Gasteiger charge is -2.07. The van der Waals surface area contributed by atoms with Gasteiger partial charge in [0.2, 0.25) is 5.95 Å². The highest BCUT2D eigenvalue weighted by atomic mass is 15.2. The van der Waals surface area contributed by atoms with Crippen LogP contribution >= 0.6 is 0 Å². The van der Waals surface area contributed by atoms with Crippen LogP contribution in [0.3, 0.4) is 0 Å². The molecule has 0 aliphatic heterocycles. The fourth-order valence-electron chi connectivity index (χ4n) is 2.03. The lowest BCUT2D eigenvalue weighted by Crippen LogP contribution is -2.05. The highest BCUT2D eigenvalue weighted by molar-refractivity contribution is 5.62. The minimum Gasteiger partial charge on any atom is -0.347 e. The maximum atomic E-state index is 4.51. The summed E-state index contributed by atoms with van der Waals surface area (Å²) in [6.07, 6.45) is 3.19. The summed E-state index contributed by atoms with van der Waals surface area (Å²) in [5, 5.41) is 9.69. The van der Waals surface area contributed by atoms with Gasteiger partial charge in [0.05, 0.1) is 12.2 Å². The van der Waals surface area contributed by atoms with E-state index in [0.29, 0.717) is 12.5 Å². The zero-order valence-corrected chi connectivity index (χ0v) is 11.8. The maximum absolute atomic E-state index is 4.51. The number of anilines is 1. The molecule has 21 heavy (non-hydrogen) atoms. The van der Waals surface area contributed by atoms with Crippen molar-refractivity contribution >= 4 is 5.95 Å². The Labute approximate surface area is 121 Å². The van der Waals surface area contributed by atoms with Crippen LogP contribution in [0.15, 0.2) is 30.7 Å². The van der Waals surface area contributed by atoms with Crippen molar-refractivity contribution in [2.45, 2.75) is 20.4 Å². The van der Waals surface area contributed by atoms with Gasteiger partial charge in [0.25, 0.3) is 0 Å². The molecular weight excluding hydrogens is 266 g/mol. The lowest BCUT2D eigenvalue weighted by atomic mass is 10.1. The van der Waals surface area contributed by atoms with Crippen LogP contribution in [0.5, 0.6) is 0 Å². The van der Waals surface area contributed by atoms with E-state index in [9.17, 15) is 0 Å². The third kappa shape index (κ3) is 3.02. The molecule has 3 heterocycles. The average molecular weight is 281 g/mol. The summed E-state index contributed by atoms with van der Waals surface area (Å²) in [6.45, 7) is 4.45. The van der Waals surface area contributed by atoms with Gasteiger partial charge in [0.1, 0.15) is 12.2 Å². The van der Waals surface area contributed by atoms with Gasteiger partial charge < -0.3 is 5.32 Å². The molecule has 0 saturated heterocycles. The molecule has 0 unspecified atom stereocenters.